The Bertz CT molecular complexity index is 506. The number of hydrogen-bond donors (Lipinski definition) is 0. The molecule has 2 aromatic rings. The standard InChI is InChI=1S/C14H14ClN/c1-3-11-9-16-14(15)8-13(11)12-7-5-4-6-10(12)2/h4-9H,3H2,1-2H3. The Morgan fingerprint density at radius 3 is 2.62 bits per heavy atom. The van der Waals surface area contributed by atoms with Crippen molar-refractivity contribution in [2.45, 2.75) is 20.3 Å². The quantitative estimate of drug-likeness (QED) is 0.704. The molecule has 0 saturated carbocycles. The van der Waals surface area contributed by atoms with Crippen LogP contribution in [0.5, 0.6) is 0 Å². The monoisotopic (exact) mass is 231 g/mol. The Kier molecular flexibility index (Phi) is 3.25. The van der Waals surface area contributed by atoms with E-state index in [4.69, 9.17) is 11.6 Å². The smallest absolute Gasteiger partial charge is 0.129 e. The molecule has 0 radical (unpaired) electrons. The first kappa shape index (κ1) is 11.2. The van der Waals surface area contributed by atoms with E-state index in [-0.39, 0.29) is 0 Å². The predicted molar refractivity (Wildman–Crippen MR) is 68.8 cm³/mol. The van der Waals surface area contributed by atoms with Crippen molar-refractivity contribution in [3.8, 4) is 11.1 Å². The molecule has 0 spiro atoms. The summed E-state index contributed by atoms with van der Waals surface area (Å²) < 4.78 is 0. The minimum absolute atomic E-state index is 0.551. The van der Waals surface area contributed by atoms with Gasteiger partial charge in [-0.3, -0.25) is 0 Å². The summed E-state index contributed by atoms with van der Waals surface area (Å²) in [5.41, 5.74) is 4.93. The van der Waals surface area contributed by atoms with Gasteiger partial charge in [0.05, 0.1) is 0 Å². The van der Waals surface area contributed by atoms with Crippen LogP contribution in [-0.4, -0.2) is 4.98 Å². The van der Waals surface area contributed by atoms with E-state index in [1.807, 2.05) is 18.3 Å². The molecule has 82 valence electrons. The molecule has 1 aromatic carbocycles. The van der Waals surface area contributed by atoms with Crippen LogP contribution < -0.4 is 0 Å². The third kappa shape index (κ3) is 2.10. The van der Waals surface area contributed by atoms with Gasteiger partial charge in [0.2, 0.25) is 0 Å². The van der Waals surface area contributed by atoms with Gasteiger partial charge in [-0.15, -0.1) is 0 Å². The van der Waals surface area contributed by atoms with Crippen LogP contribution in [0.2, 0.25) is 5.15 Å². The fourth-order valence-corrected chi connectivity index (χ4v) is 2.02. The molecule has 0 N–H and O–H groups in total. The largest absolute Gasteiger partial charge is 0.244 e. The second kappa shape index (κ2) is 4.67. The van der Waals surface area contributed by atoms with Gasteiger partial charge in [-0.25, -0.2) is 4.98 Å². The highest BCUT2D eigenvalue weighted by molar-refractivity contribution is 6.29. The number of pyridine rings is 1. The van der Waals surface area contributed by atoms with Crippen LogP contribution in [-0.2, 0) is 6.42 Å². The molecule has 0 fully saturated rings. The number of rotatable bonds is 2. The molecule has 2 heteroatoms. The maximum absolute atomic E-state index is 5.96. The van der Waals surface area contributed by atoms with Crippen molar-refractivity contribution in [1.29, 1.82) is 0 Å². The number of aryl methyl sites for hydroxylation is 2. The van der Waals surface area contributed by atoms with E-state index in [1.165, 1.54) is 22.3 Å². The lowest BCUT2D eigenvalue weighted by Gasteiger charge is -2.10. The topological polar surface area (TPSA) is 12.9 Å². The van der Waals surface area contributed by atoms with Crippen molar-refractivity contribution in [3.63, 3.8) is 0 Å². The number of halogens is 1. The minimum Gasteiger partial charge on any atom is -0.244 e. The number of nitrogens with zero attached hydrogens (tertiary/aromatic N) is 1. The molecule has 1 heterocycles. The third-order valence-corrected chi connectivity index (χ3v) is 2.98. The van der Waals surface area contributed by atoms with Crippen molar-refractivity contribution in [3.05, 3.63) is 52.8 Å². The maximum Gasteiger partial charge on any atom is 0.129 e. The minimum atomic E-state index is 0.551. The Labute approximate surface area is 101 Å². The Morgan fingerprint density at radius 2 is 1.94 bits per heavy atom. The fourth-order valence-electron chi connectivity index (χ4n) is 1.87. The summed E-state index contributed by atoms with van der Waals surface area (Å²) in [6.07, 6.45) is 2.83. The zero-order valence-corrected chi connectivity index (χ0v) is 10.3. The molecule has 0 unspecified atom stereocenters. The maximum atomic E-state index is 5.96. The summed E-state index contributed by atoms with van der Waals surface area (Å²) in [7, 11) is 0. The van der Waals surface area contributed by atoms with Crippen molar-refractivity contribution in [1.82, 2.24) is 4.98 Å². The normalized spacial score (nSPS) is 10.4. The molecule has 2 rings (SSSR count). The lowest BCUT2D eigenvalue weighted by Crippen LogP contribution is -1.92. The molecule has 0 aliphatic heterocycles. The first-order valence-electron chi connectivity index (χ1n) is 5.42. The molecular weight excluding hydrogens is 218 g/mol. The number of benzene rings is 1. The van der Waals surface area contributed by atoms with Gasteiger partial charge in [-0.1, -0.05) is 42.8 Å². The molecular formula is C14H14ClN. The van der Waals surface area contributed by atoms with E-state index < -0.39 is 0 Å². The second-order valence-corrected chi connectivity index (χ2v) is 4.22. The van der Waals surface area contributed by atoms with Gasteiger partial charge in [-0.2, -0.15) is 0 Å². The van der Waals surface area contributed by atoms with Gasteiger partial charge >= 0.3 is 0 Å². The molecule has 0 atom stereocenters. The predicted octanol–water partition coefficient (Wildman–Crippen LogP) is 4.27. The zero-order chi connectivity index (χ0) is 11.5. The van der Waals surface area contributed by atoms with Gasteiger partial charge in [-0.05, 0) is 41.7 Å². The van der Waals surface area contributed by atoms with E-state index in [9.17, 15) is 0 Å². The van der Waals surface area contributed by atoms with Gasteiger partial charge in [0.15, 0.2) is 0 Å². The van der Waals surface area contributed by atoms with Crippen LogP contribution in [0.15, 0.2) is 36.5 Å². The highest BCUT2D eigenvalue weighted by Crippen LogP contribution is 2.28. The highest BCUT2D eigenvalue weighted by atomic mass is 35.5. The fraction of sp³-hybridized carbons (Fsp3) is 0.214. The van der Waals surface area contributed by atoms with Crippen molar-refractivity contribution in [2.24, 2.45) is 0 Å². The van der Waals surface area contributed by atoms with Crippen LogP contribution in [0.1, 0.15) is 18.1 Å². The molecule has 1 nitrogen and oxygen atoms in total. The zero-order valence-electron chi connectivity index (χ0n) is 9.50. The van der Waals surface area contributed by atoms with Crippen molar-refractivity contribution >= 4 is 11.6 Å². The third-order valence-electron chi connectivity index (χ3n) is 2.77. The highest BCUT2D eigenvalue weighted by Gasteiger charge is 2.07. The van der Waals surface area contributed by atoms with Crippen LogP contribution in [0, 0.1) is 6.92 Å². The van der Waals surface area contributed by atoms with Crippen LogP contribution >= 0.6 is 11.6 Å². The van der Waals surface area contributed by atoms with Crippen LogP contribution in [0.25, 0.3) is 11.1 Å². The Hall–Kier alpha value is -1.34. The molecule has 0 aliphatic rings. The van der Waals surface area contributed by atoms with Gasteiger partial charge in [0.25, 0.3) is 0 Å². The Morgan fingerprint density at radius 1 is 1.19 bits per heavy atom. The Balaban J connectivity index is 2.63. The molecule has 0 aliphatic carbocycles. The average Bonchev–Trinajstić information content (AvgIpc) is 2.29. The van der Waals surface area contributed by atoms with E-state index in [1.54, 1.807) is 0 Å². The SMILES string of the molecule is CCc1cnc(Cl)cc1-c1ccccc1C. The summed E-state index contributed by atoms with van der Waals surface area (Å²) in [5.74, 6) is 0. The number of hydrogen-bond acceptors (Lipinski definition) is 1. The van der Waals surface area contributed by atoms with Gasteiger partial charge < -0.3 is 0 Å². The lowest BCUT2D eigenvalue weighted by molar-refractivity contribution is 1.10. The van der Waals surface area contributed by atoms with E-state index >= 15 is 0 Å². The van der Waals surface area contributed by atoms with Crippen molar-refractivity contribution < 1.29 is 0 Å². The summed E-state index contributed by atoms with van der Waals surface area (Å²) in [5, 5.41) is 0.551. The average molecular weight is 232 g/mol. The lowest BCUT2D eigenvalue weighted by atomic mass is 9.97. The molecule has 0 saturated heterocycles. The second-order valence-electron chi connectivity index (χ2n) is 3.83. The summed E-state index contributed by atoms with van der Waals surface area (Å²) in [6, 6.07) is 10.3. The molecule has 0 amide bonds. The summed E-state index contributed by atoms with van der Waals surface area (Å²) >= 11 is 5.96. The van der Waals surface area contributed by atoms with Crippen molar-refractivity contribution in [2.75, 3.05) is 0 Å². The van der Waals surface area contributed by atoms with Gasteiger partial charge in [0.1, 0.15) is 5.15 Å². The summed E-state index contributed by atoms with van der Waals surface area (Å²) in [6.45, 7) is 4.25. The van der Waals surface area contributed by atoms with Gasteiger partial charge in [0, 0.05) is 6.20 Å². The first-order valence-corrected chi connectivity index (χ1v) is 5.80. The first-order chi connectivity index (χ1) is 7.72. The summed E-state index contributed by atoms with van der Waals surface area (Å²) in [4.78, 5) is 4.13. The van der Waals surface area contributed by atoms with Crippen LogP contribution in [0.4, 0.5) is 0 Å². The van der Waals surface area contributed by atoms with Crippen LogP contribution in [0.3, 0.4) is 0 Å². The molecule has 0 bridgehead atoms. The van der Waals surface area contributed by atoms with E-state index in [0.717, 1.165) is 6.42 Å². The van der Waals surface area contributed by atoms with E-state index in [0.29, 0.717) is 5.15 Å². The van der Waals surface area contributed by atoms with E-state index in [2.05, 4.69) is 37.0 Å². The molecule has 16 heavy (non-hydrogen) atoms. The molecule has 1 aromatic heterocycles. The number of aromatic nitrogens is 1.